The number of aromatic nitrogens is 3. The number of para-hydroxylation sites is 1. The number of nitrogens with one attached hydrogen (secondary N) is 10. The molecule has 0 unspecified atom stereocenters. The Morgan fingerprint density at radius 3 is 1.77 bits per heavy atom. The van der Waals surface area contributed by atoms with Crippen molar-refractivity contribution in [1.82, 2.24) is 57.5 Å². The molecule has 0 aliphatic heterocycles. The van der Waals surface area contributed by atoms with Gasteiger partial charge >= 0.3 is 0 Å². The van der Waals surface area contributed by atoms with E-state index in [-0.39, 0.29) is 56.1 Å². The van der Waals surface area contributed by atoms with Crippen LogP contribution in [0.4, 0.5) is 0 Å². The quantitative estimate of drug-likeness (QED) is 0.0113. The fourth-order valence-electron chi connectivity index (χ4n) is 7.61. The molecule has 0 aliphatic carbocycles. The summed E-state index contributed by atoms with van der Waals surface area (Å²) in [6, 6.07) is 7.30. The molecular weight excluding hydrogens is 995 g/mol. The van der Waals surface area contributed by atoms with E-state index in [0.717, 1.165) is 17.3 Å². The topological polar surface area (TPSA) is 385 Å². The minimum atomic E-state index is -1.38. The molecule has 0 saturated heterocycles. The first-order valence-electron chi connectivity index (χ1n) is 23.9. The van der Waals surface area contributed by atoms with Gasteiger partial charge in [-0.2, -0.15) is 25.3 Å². The first-order valence-corrected chi connectivity index (χ1v) is 25.2. The van der Waals surface area contributed by atoms with Crippen LogP contribution in [0.1, 0.15) is 62.8 Å². The van der Waals surface area contributed by atoms with E-state index < -0.39 is 102 Å². The number of benzene rings is 2. The van der Waals surface area contributed by atoms with E-state index in [0.29, 0.717) is 29.7 Å². The number of aromatic amines is 2. The van der Waals surface area contributed by atoms with E-state index in [9.17, 15) is 43.2 Å². The third kappa shape index (κ3) is 19.4. The molecule has 2 aromatic heterocycles. The summed E-state index contributed by atoms with van der Waals surface area (Å²) < 4.78 is 0. The first-order chi connectivity index (χ1) is 35.4. The van der Waals surface area contributed by atoms with Crippen molar-refractivity contribution >= 4 is 95.3 Å². The van der Waals surface area contributed by atoms with Crippen LogP contribution in [0.15, 0.2) is 78.3 Å². The van der Waals surface area contributed by atoms with Crippen LogP contribution in [-0.4, -0.2) is 141 Å². The first kappa shape index (κ1) is 59.0. The standard InChI is InChI=1S/C48H67N15O9S2/c1-3-4-14-33(57-27(2)64)43(68)63-39(25-74)42(67)55-23-40(65)58-37(20-30-22-52-26-56-30)47(72)60-35(18-28-11-6-5-7-12-28)45(70)59-34(16-10-17-53-48(50)51)44(69)61-36(46(71)62-38(24-73)41(49)66)19-29-21-54-32-15-9-8-13-31(29)32/h5-9,11-13,15,21-22,26,33-39,54,73-74H,3-4,10,14,16-20,23-25H2,1-2H3,(H2,49,66)(H,52,56)(H,55,67)(H,57,64)(H,58,65)(H,59,70)(H,60,72)(H,61,69)(H,62,71)(H,63,68)(H4,50,51,53)/t33-,34-,35+,36-,37-,38-,39-/m0/s1. The second-order valence-corrected chi connectivity index (χ2v) is 18.0. The molecule has 0 aliphatic rings. The van der Waals surface area contributed by atoms with Crippen molar-refractivity contribution in [3.05, 3.63) is 90.1 Å². The van der Waals surface area contributed by atoms with Crippen LogP contribution < -0.4 is 59.7 Å². The van der Waals surface area contributed by atoms with E-state index in [1.165, 1.54) is 19.4 Å². The van der Waals surface area contributed by atoms with Crippen LogP contribution in [0.3, 0.4) is 0 Å². The normalized spacial score (nSPS) is 13.8. The van der Waals surface area contributed by atoms with Crippen molar-refractivity contribution in [2.24, 2.45) is 22.2 Å². The maximum absolute atomic E-state index is 14.6. The lowest BCUT2D eigenvalue weighted by Crippen LogP contribution is -2.60. The number of primary amides is 1. The largest absolute Gasteiger partial charge is 0.370 e. The minimum Gasteiger partial charge on any atom is -0.370 e. The highest BCUT2D eigenvalue weighted by molar-refractivity contribution is 7.80. The lowest BCUT2D eigenvalue weighted by Gasteiger charge is -2.27. The smallest absolute Gasteiger partial charge is 0.243 e. The Balaban J connectivity index is 1.58. The molecule has 9 amide bonds. The number of nitrogens with zero attached hydrogens (tertiary/aromatic N) is 2. The van der Waals surface area contributed by atoms with Gasteiger partial charge in [-0.3, -0.25) is 48.1 Å². The van der Waals surface area contributed by atoms with E-state index >= 15 is 0 Å². The number of thiol groups is 2. The second-order valence-electron chi connectivity index (χ2n) is 17.3. The Hall–Kier alpha value is -7.61. The number of H-pyrrole nitrogens is 2. The zero-order valence-electron chi connectivity index (χ0n) is 41.2. The predicted molar refractivity (Wildman–Crippen MR) is 283 cm³/mol. The van der Waals surface area contributed by atoms with Gasteiger partial charge < -0.3 is 69.7 Å². The molecule has 0 saturated carbocycles. The summed E-state index contributed by atoms with van der Waals surface area (Å²) in [7, 11) is 0. The highest BCUT2D eigenvalue weighted by Gasteiger charge is 2.34. The van der Waals surface area contributed by atoms with Crippen LogP contribution >= 0.6 is 25.3 Å². The number of hydrogen-bond acceptors (Lipinski definition) is 13. The minimum absolute atomic E-state index is 0.0556. The van der Waals surface area contributed by atoms with Gasteiger partial charge in [0.15, 0.2) is 5.96 Å². The van der Waals surface area contributed by atoms with Gasteiger partial charge in [0.05, 0.1) is 12.9 Å². The van der Waals surface area contributed by atoms with Crippen molar-refractivity contribution < 1.29 is 43.2 Å². The van der Waals surface area contributed by atoms with Gasteiger partial charge in [-0.15, -0.1) is 0 Å². The molecule has 16 N–H and O–H groups in total. The number of carbonyl (C=O) groups is 9. The van der Waals surface area contributed by atoms with Crippen molar-refractivity contribution in [3.63, 3.8) is 0 Å². The third-order valence-corrected chi connectivity index (χ3v) is 12.2. The van der Waals surface area contributed by atoms with Crippen molar-refractivity contribution in [3.8, 4) is 0 Å². The number of imidazole rings is 1. The van der Waals surface area contributed by atoms with Gasteiger partial charge in [-0.25, -0.2) is 4.98 Å². The summed E-state index contributed by atoms with van der Waals surface area (Å²) in [4.78, 5) is 135. The number of carbonyl (C=O) groups excluding carboxylic acids is 9. The number of fused-ring (bicyclic) bond motifs is 1. The Kier molecular flexibility index (Phi) is 24.2. The van der Waals surface area contributed by atoms with E-state index in [2.05, 4.69) is 87.7 Å². The van der Waals surface area contributed by atoms with Crippen molar-refractivity contribution in [1.29, 1.82) is 0 Å². The maximum atomic E-state index is 14.6. The summed E-state index contributed by atoms with van der Waals surface area (Å²) in [5, 5.41) is 21.7. The van der Waals surface area contributed by atoms with E-state index in [1.807, 2.05) is 31.2 Å². The molecule has 7 atom stereocenters. The molecule has 0 radical (unpaired) electrons. The highest BCUT2D eigenvalue weighted by atomic mass is 32.1. The molecule has 4 rings (SSSR count). The summed E-state index contributed by atoms with van der Waals surface area (Å²) in [5.74, 6) is -7.14. The van der Waals surface area contributed by atoms with Crippen molar-refractivity contribution in [2.45, 2.75) is 108 Å². The van der Waals surface area contributed by atoms with Crippen LogP contribution in [0.25, 0.3) is 10.9 Å². The number of hydrogen-bond donors (Lipinski definition) is 15. The molecule has 0 fully saturated rings. The molecule has 0 spiro atoms. The van der Waals surface area contributed by atoms with E-state index in [1.54, 1.807) is 36.5 Å². The van der Waals surface area contributed by atoms with Gasteiger partial charge in [0.2, 0.25) is 53.2 Å². The number of rotatable bonds is 31. The lowest BCUT2D eigenvalue weighted by molar-refractivity contribution is -0.135. The molecule has 400 valence electrons. The summed E-state index contributed by atoms with van der Waals surface area (Å²) in [5.41, 5.74) is 19.1. The third-order valence-electron chi connectivity index (χ3n) is 11.5. The monoisotopic (exact) mass is 1060 g/mol. The summed E-state index contributed by atoms with van der Waals surface area (Å²) >= 11 is 8.34. The number of amides is 9. The van der Waals surface area contributed by atoms with E-state index in [4.69, 9.17) is 17.2 Å². The van der Waals surface area contributed by atoms with Gasteiger partial charge in [0.1, 0.15) is 42.3 Å². The molecule has 4 aromatic rings. The zero-order chi connectivity index (χ0) is 54.2. The Morgan fingerprint density at radius 1 is 0.622 bits per heavy atom. The van der Waals surface area contributed by atoms with Crippen LogP contribution in [-0.2, 0) is 62.4 Å². The molecular formula is C48H67N15O9S2. The Labute approximate surface area is 438 Å². The van der Waals surface area contributed by atoms with Gasteiger partial charge in [0, 0.05) is 73.2 Å². The summed E-state index contributed by atoms with van der Waals surface area (Å²) in [6.45, 7) is 2.62. The molecule has 2 aromatic carbocycles. The lowest BCUT2D eigenvalue weighted by atomic mass is 10.0. The fraction of sp³-hybridized carbons (Fsp3) is 0.438. The maximum Gasteiger partial charge on any atom is 0.243 e. The Bertz CT molecular complexity index is 2560. The van der Waals surface area contributed by atoms with Crippen molar-refractivity contribution in [2.75, 3.05) is 24.6 Å². The second kappa shape index (κ2) is 30.4. The zero-order valence-corrected chi connectivity index (χ0v) is 42.9. The number of guanidine groups is 1. The molecule has 24 nitrogen and oxygen atoms in total. The number of aliphatic imine (C=N–C) groups is 1. The average molecular weight is 1060 g/mol. The summed E-state index contributed by atoms with van der Waals surface area (Å²) in [6.07, 6.45) is 6.03. The fourth-order valence-corrected chi connectivity index (χ4v) is 8.14. The molecule has 74 heavy (non-hydrogen) atoms. The number of nitrogens with two attached hydrogens (primary N) is 3. The van der Waals surface area contributed by atoms with Crippen LogP contribution in [0.2, 0.25) is 0 Å². The number of unbranched alkanes of at least 4 members (excludes halogenated alkanes) is 1. The van der Waals surface area contributed by atoms with Crippen LogP contribution in [0, 0.1) is 0 Å². The van der Waals surface area contributed by atoms with Gasteiger partial charge in [0.25, 0.3) is 0 Å². The van der Waals surface area contributed by atoms with Gasteiger partial charge in [-0.05, 0) is 36.5 Å². The highest BCUT2D eigenvalue weighted by Crippen LogP contribution is 2.20. The van der Waals surface area contributed by atoms with Gasteiger partial charge in [-0.1, -0.05) is 68.3 Å². The molecule has 26 heteroatoms. The average Bonchev–Trinajstić information content (AvgIpc) is 4.05. The SMILES string of the molecule is CCCC[C@H](NC(C)=O)C(=O)N[C@@H](CS)C(=O)NCC(=O)N[C@@H](Cc1cnc[nH]1)C(=O)N[C@H](Cc1ccccc1)C(=O)N[C@@H](CCCN=C(N)N)C(=O)N[C@@H](Cc1c[nH]c2ccccc12)C(=O)N[C@@H](CS)C(N)=O. The molecule has 0 bridgehead atoms. The Morgan fingerprint density at radius 2 is 1.18 bits per heavy atom. The molecule has 2 heterocycles. The van der Waals surface area contributed by atoms with Crippen LogP contribution in [0.5, 0.6) is 0 Å². The predicted octanol–water partition coefficient (Wildman–Crippen LogP) is -1.96.